The number of aliphatic hydroxyl groups excluding tert-OH is 1. The van der Waals surface area contributed by atoms with Gasteiger partial charge in [-0.3, -0.25) is 4.79 Å². The first-order valence-electron chi connectivity index (χ1n) is 6.61. The molecule has 0 heterocycles. The highest BCUT2D eigenvalue weighted by atomic mass is 16.5. The van der Waals surface area contributed by atoms with E-state index in [1.807, 2.05) is 13.8 Å². The molecule has 1 amide bonds. The van der Waals surface area contributed by atoms with Gasteiger partial charge in [0.2, 0.25) is 0 Å². The van der Waals surface area contributed by atoms with Crippen LogP contribution in [-0.4, -0.2) is 42.7 Å². The Bertz CT molecular complexity index is 457. The number of carbonyl (C=O) groups is 1. The smallest absolute Gasteiger partial charge is 0.260 e. The first-order chi connectivity index (χ1) is 9.36. The van der Waals surface area contributed by atoms with Crippen molar-refractivity contribution in [1.82, 2.24) is 4.90 Å². The third kappa shape index (κ3) is 4.13. The highest BCUT2D eigenvalue weighted by molar-refractivity contribution is 5.77. The number of carbonyl (C=O) groups excluding carboxylic acids is 1. The summed E-state index contributed by atoms with van der Waals surface area (Å²) < 4.78 is 10.7. The zero-order valence-corrected chi connectivity index (χ0v) is 12.7. The summed E-state index contributed by atoms with van der Waals surface area (Å²) in [6.07, 6.45) is -0.577. The number of hydrogen-bond donors (Lipinski definition) is 1. The maximum Gasteiger partial charge on any atom is 0.260 e. The number of hydrogen-bond acceptors (Lipinski definition) is 4. The molecule has 0 aliphatic carbocycles. The minimum Gasteiger partial charge on any atom is -0.493 e. The fourth-order valence-corrected chi connectivity index (χ4v) is 1.59. The van der Waals surface area contributed by atoms with Crippen molar-refractivity contribution < 1.29 is 19.4 Å². The molecule has 0 unspecified atom stereocenters. The zero-order valence-electron chi connectivity index (χ0n) is 12.7. The molecule has 0 radical (unpaired) electrons. The summed E-state index contributed by atoms with van der Waals surface area (Å²) in [5, 5.41) is 9.53. The minimum atomic E-state index is -0.577. The maximum atomic E-state index is 11.9. The number of nitrogens with zero attached hydrogens (tertiary/aromatic N) is 1. The first-order valence-corrected chi connectivity index (χ1v) is 6.61. The van der Waals surface area contributed by atoms with Gasteiger partial charge in [0.25, 0.3) is 5.91 Å². The maximum absolute atomic E-state index is 11.9. The van der Waals surface area contributed by atoms with Gasteiger partial charge in [0.05, 0.1) is 13.2 Å². The molecule has 1 rings (SSSR count). The molecule has 20 heavy (non-hydrogen) atoms. The molecule has 112 valence electrons. The van der Waals surface area contributed by atoms with E-state index in [9.17, 15) is 9.90 Å². The second-order valence-corrected chi connectivity index (χ2v) is 4.97. The highest BCUT2D eigenvalue weighted by Crippen LogP contribution is 2.30. The van der Waals surface area contributed by atoms with Crippen molar-refractivity contribution >= 4 is 5.91 Å². The number of amides is 1. The highest BCUT2D eigenvalue weighted by Gasteiger charge is 2.14. The third-order valence-electron chi connectivity index (χ3n) is 3.19. The fraction of sp³-hybridized carbons (Fsp3) is 0.533. The Morgan fingerprint density at radius 3 is 2.45 bits per heavy atom. The van der Waals surface area contributed by atoms with Crippen LogP contribution in [0.1, 0.15) is 32.4 Å². The minimum absolute atomic E-state index is 0.0426. The Morgan fingerprint density at radius 1 is 1.30 bits per heavy atom. The van der Waals surface area contributed by atoms with E-state index >= 15 is 0 Å². The summed E-state index contributed by atoms with van der Waals surface area (Å²) in [5.41, 5.74) is 0.736. The van der Waals surface area contributed by atoms with Crippen molar-refractivity contribution in [2.75, 3.05) is 20.8 Å². The number of aliphatic hydroxyl groups is 1. The second-order valence-electron chi connectivity index (χ2n) is 4.97. The number of benzene rings is 1. The van der Waals surface area contributed by atoms with Crippen molar-refractivity contribution in [2.24, 2.45) is 0 Å². The summed E-state index contributed by atoms with van der Waals surface area (Å²) in [4.78, 5) is 13.5. The summed E-state index contributed by atoms with van der Waals surface area (Å²) in [5.74, 6) is 0.896. The van der Waals surface area contributed by atoms with E-state index in [0.717, 1.165) is 5.56 Å². The third-order valence-corrected chi connectivity index (χ3v) is 3.19. The summed E-state index contributed by atoms with van der Waals surface area (Å²) in [6, 6.07) is 5.28. The first kappa shape index (κ1) is 16.3. The van der Waals surface area contributed by atoms with E-state index in [4.69, 9.17) is 9.47 Å². The molecule has 0 bridgehead atoms. The predicted octanol–water partition coefficient (Wildman–Crippen LogP) is 1.99. The molecular weight excluding hydrogens is 258 g/mol. The average Bonchev–Trinajstić information content (AvgIpc) is 2.43. The summed E-state index contributed by atoms with van der Waals surface area (Å²) in [7, 11) is 3.26. The Labute approximate surface area is 120 Å². The van der Waals surface area contributed by atoms with Gasteiger partial charge in [-0.05, 0) is 38.5 Å². The van der Waals surface area contributed by atoms with E-state index in [-0.39, 0.29) is 18.6 Å². The van der Waals surface area contributed by atoms with Gasteiger partial charge in [-0.15, -0.1) is 0 Å². The quantitative estimate of drug-likeness (QED) is 0.866. The fourth-order valence-electron chi connectivity index (χ4n) is 1.59. The number of ether oxygens (including phenoxy) is 2. The van der Waals surface area contributed by atoms with Crippen LogP contribution in [0.2, 0.25) is 0 Å². The molecule has 1 atom stereocenters. The van der Waals surface area contributed by atoms with Crippen LogP contribution in [-0.2, 0) is 4.79 Å². The molecule has 0 aromatic heterocycles. The van der Waals surface area contributed by atoms with Crippen molar-refractivity contribution in [3.8, 4) is 11.5 Å². The molecule has 1 aromatic rings. The van der Waals surface area contributed by atoms with Crippen molar-refractivity contribution in [3.05, 3.63) is 23.8 Å². The van der Waals surface area contributed by atoms with Crippen LogP contribution < -0.4 is 9.47 Å². The lowest BCUT2D eigenvalue weighted by atomic mass is 10.1. The van der Waals surface area contributed by atoms with Crippen molar-refractivity contribution in [1.29, 1.82) is 0 Å². The van der Waals surface area contributed by atoms with Crippen LogP contribution in [0.5, 0.6) is 11.5 Å². The van der Waals surface area contributed by atoms with Crippen molar-refractivity contribution in [2.45, 2.75) is 32.9 Å². The topological polar surface area (TPSA) is 59.0 Å². The van der Waals surface area contributed by atoms with Gasteiger partial charge in [-0.2, -0.15) is 0 Å². The normalized spacial score (nSPS) is 12.2. The molecule has 0 saturated carbocycles. The zero-order chi connectivity index (χ0) is 15.3. The number of rotatable bonds is 6. The van der Waals surface area contributed by atoms with Crippen LogP contribution in [0.3, 0.4) is 0 Å². The molecule has 1 N–H and O–H groups in total. The predicted molar refractivity (Wildman–Crippen MR) is 77.0 cm³/mol. The Hall–Kier alpha value is -1.75. The molecule has 0 aliphatic heterocycles. The van der Waals surface area contributed by atoms with Crippen LogP contribution >= 0.6 is 0 Å². The monoisotopic (exact) mass is 281 g/mol. The van der Waals surface area contributed by atoms with Gasteiger partial charge in [0, 0.05) is 13.1 Å². The van der Waals surface area contributed by atoms with Gasteiger partial charge in [0.1, 0.15) is 0 Å². The Morgan fingerprint density at radius 2 is 1.95 bits per heavy atom. The largest absolute Gasteiger partial charge is 0.493 e. The van der Waals surface area contributed by atoms with Gasteiger partial charge in [-0.1, -0.05) is 6.07 Å². The molecular formula is C15H23NO4. The lowest BCUT2D eigenvalue weighted by Crippen LogP contribution is -2.36. The number of methoxy groups -OCH3 is 1. The SMILES string of the molecule is COc1cc([C@@H](C)O)ccc1OCC(=O)N(C)C(C)C. The standard InChI is InChI=1S/C15H23NO4/c1-10(2)16(4)15(18)9-20-13-7-6-12(11(3)17)8-14(13)19-5/h6-8,10-11,17H,9H2,1-5H3/t11-/m1/s1. The molecule has 5 heteroatoms. The average molecular weight is 281 g/mol. The molecule has 0 spiro atoms. The lowest BCUT2D eigenvalue weighted by Gasteiger charge is -2.21. The van der Waals surface area contributed by atoms with Crippen LogP contribution in [0.4, 0.5) is 0 Å². The Balaban J connectivity index is 2.75. The van der Waals surface area contributed by atoms with Crippen LogP contribution in [0.25, 0.3) is 0 Å². The Kier molecular flexibility index (Phi) is 5.82. The summed E-state index contributed by atoms with van der Waals surface area (Å²) in [6.45, 7) is 5.52. The van der Waals surface area contributed by atoms with E-state index in [1.54, 1.807) is 37.1 Å². The summed E-state index contributed by atoms with van der Waals surface area (Å²) >= 11 is 0. The van der Waals surface area contributed by atoms with Gasteiger partial charge in [0.15, 0.2) is 18.1 Å². The van der Waals surface area contributed by atoms with E-state index < -0.39 is 6.10 Å². The van der Waals surface area contributed by atoms with Gasteiger partial charge >= 0.3 is 0 Å². The number of likely N-dealkylation sites (N-methyl/N-ethyl adjacent to an activating group) is 1. The molecule has 0 aliphatic rings. The van der Waals surface area contributed by atoms with Gasteiger partial charge < -0.3 is 19.5 Å². The second kappa shape index (κ2) is 7.14. The molecule has 0 fully saturated rings. The molecule has 5 nitrogen and oxygen atoms in total. The van der Waals surface area contributed by atoms with E-state index in [1.165, 1.54) is 7.11 Å². The molecule has 1 aromatic carbocycles. The van der Waals surface area contributed by atoms with Crippen LogP contribution in [0.15, 0.2) is 18.2 Å². The van der Waals surface area contributed by atoms with Crippen molar-refractivity contribution in [3.63, 3.8) is 0 Å². The van der Waals surface area contributed by atoms with E-state index in [2.05, 4.69) is 0 Å². The van der Waals surface area contributed by atoms with Crippen LogP contribution in [0, 0.1) is 0 Å². The molecule has 0 saturated heterocycles. The van der Waals surface area contributed by atoms with E-state index in [0.29, 0.717) is 11.5 Å². The lowest BCUT2D eigenvalue weighted by molar-refractivity contribution is -0.133. The van der Waals surface area contributed by atoms with Gasteiger partial charge in [-0.25, -0.2) is 0 Å².